The van der Waals surface area contributed by atoms with Gasteiger partial charge in [0.05, 0.1) is 13.2 Å². The summed E-state index contributed by atoms with van der Waals surface area (Å²) in [5.41, 5.74) is 9.25. The molecule has 1 saturated carbocycles. The smallest absolute Gasteiger partial charge is 0.229 e. The molecule has 2 heterocycles. The van der Waals surface area contributed by atoms with Gasteiger partial charge in [0, 0.05) is 30.7 Å². The summed E-state index contributed by atoms with van der Waals surface area (Å²) in [6.45, 7) is 7.46. The summed E-state index contributed by atoms with van der Waals surface area (Å²) >= 11 is 0. The molecule has 0 unspecified atom stereocenters. The lowest BCUT2D eigenvalue weighted by Crippen LogP contribution is -2.36. The number of aromatic nitrogens is 2. The Labute approximate surface area is 165 Å². The van der Waals surface area contributed by atoms with Gasteiger partial charge in [0.15, 0.2) is 0 Å². The molecule has 0 spiro atoms. The fraction of sp³-hybridized carbons (Fsp3) is 0.333. The first kappa shape index (κ1) is 18.3. The number of allylic oxidation sites excluding steroid dienone is 2. The number of ether oxygens (including phenoxy) is 1. The third kappa shape index (κ3) is 4.80. The van der Waals surface area contributed by atoms with Gasteiger partial charge in [-0.25, -0.2) is 4.98 Å². The number of hydrogen-bond acceptors (Lipinski definition) is 7. The molecule has 1 saturated heterocycles. The van der Waals surface area contributed by atoms with Gasteiger partial charge in [0.2, 0.25) is 5.95 Å². The van der Waals surface area contributed by atoms with Crippen molar-refractivity contribution in [1.82, 2.24) is 9.97 Å². The Balaban J connectivity index is 1.38. The molecule has 0 radical (unpaired) electrons. The number of nitrogens with one attached hydrogen (secondary N) is 2. The van der Waals surface area contributed by atoms with Gasteiger partial charge < -0.3 is 26.0 Å². The molecule has 1 aliphatic heterocycles. The van der Waals surface area contributed by atoms with E-state index in [1.54, 1.807) is 12.3 Å². The molecule has 0 atom stereocenters. The molecule has 2 fully saturated rings. The van der Waals surface area contributed by atoms with E-state index in [-0.39, 0.29) is 0 Å². The van der Waals surface area contributed by atoms with Crippen LogP contribution in [0, 0.1) is 5.92 Å². The highest BCUT2D eigenvalue weighted by Gasteiger charge is 2.23. The quantitative estimate of drug-likeness (QED) is 0.638. The van der Waals surface area contributed by atoms with Crippen LogP contribution in [0.25, 0.3) is 0 Å². The van der Waals surface area contributed by atoms with Gasteiger partial charge in [-0.3, -0.25) is 0 Å². The van der Waals surface area contributed by atoms with Crippen molar-refractivity contribution in [2.24, 2.45) is 11.7 Å². The number of anilines is 4. The predicted octanol–water partition coefficient (Wildman–Crippen LogP) is 3.24. The third-order valence-corrected chi connectivity index (χ3v) is 4.87. The Morgan fingerprint density at radius 1 is 1.18 bits per heavy atom. The van der Waals surface area contributed by atoms with Crippen LogP contribution >= 0.6 is 0 Å². The van der Waals surface area contributed by atoms with Crippen LogP contribution in [0.15, 0.2) is 60.6 Å². The Hall–Kier alpha value is -3.06. The summed E-state index contributed by atoms with van der Waals surface area (Å²) in [5.74, 6) is 2.28. The van der Waals surface area contributed by atoms with Crippen molar-refractivity contribution in [3.8, 4) is 0 Å². The van der Waals surface area contributed by atoms with Crippen molar-refractivity contribution < 1.29 is 4.74 Å². The molecule has 2 aromatic rings. The Bertz CT molecular complexity index is 853. The predicted molar refractivity (Wildman–Crippen MR) is 113 cm³/mol. The fourth-order valence-electron chi connectivity index (χ4n) is 3.15. The highest BCUT2D eigenvalue weighted by atomic mass is 16.5. The molecule has 7 nitrogen and oxygen atoms in total. The molecule has 1 aromatic heterocycles. The summed E-state index contributed by atoms with van der Waals surface area (Å²) in [6, 6.07) is 10.0. The van der Waals surface area contributed by atoms with E-state index in [0.29, 0.717) is 23.5 Å². The van der Waals surface area contributed by atoms with Crippen LogP contribution in [0.4, 0.5) is 23.1 Å². The zero-order chi connectivity index (χ0) is 19.3. The summed E-state index contributed by atoms with van der Waals surface area (Å²) in [6.07, 6.45) is 5.99. The van der Waals surface area contributed by atoms with Crippen LogP contribution in [0.1, 0.15) is 12.8 Å². The third-order valence-electron chi connectivity index (χ3n) is 4.87. The topological polar surface area (TPSA) is 88.3 Å². The Morgan fingerprint density at radius 2 is 1.93 bits per heavy atom. The van der Waals surface area contributed by atoms with Crippen molar-refractivity contribution in [2.45, 2.75) is 12.8 Å². The maximum atomic E-state index is 6.06. The molecule has 7 heteroatoms. The van der Waals surface area contributed by atoms with Gasteiger partial charge in [0.1, 0.15) is 11.6 Å². The van der Waals surface area contributed by atoms with Crippen molar-refractivity contribution in [3.63, 3.8) is 0 Å². The Morgan fingerprint density at radius 3 is 2.64 bits per heavy atom. The number of hydrogen-bond donors (Lipinski definition) is 3. The molecule has 1 aliphatic carbocycles. The average molecular weight is 378 g/mol. The monoisotopic (exact) mass is 378 g/mol. The lowest BCUT2D eigenvalue weighted by atomic mass is 10.2. The zero-order valence-electron chi connectivity index (χ0n) is 15.9. The lowest BCUT2D eigenvalue weighted by molar-refractivity contribution is 0.122. The highest BCUT2D eigenvalue weighted by Crippen LogP contribution is 2.36. The van der Waals surface area contributed by atoms with Crippen LogP contribution in [0.5, 0.6) is 0 Å². The standard InChI is InChI=1S/C21H26N6O/c1-15(16-2-3-16)14-19(22)25-20-8-9-23-21(26-20)24-17-4-6-18(7-5-17)27-10-12-28-13-11-27/h4-9,14,16H,1-3,10-13,22H2,(H2,23,24,25,26)/b19-14+. The molecular weight excluding hydrogens is 352 g/mol. The minimum Gasteiger partial charge on any atom is -0.385 e. The molecule has 28 heavy (non-hydrogen) atoms. The largest absolute Gasteiger partial charge is 0.385 e. The molecule has 4 rings (SSSR count). The second kappa shape index (κ2) is 8.31. The zero-order valence-corrected chi connectivity index (χ0v) is 15.9. The van der Waals surface area contributed by atoms with E-state index in [4.69, 9.17) is 10.5 Å². The first-order valence-corrected chi connectivity index (χ1v) is 9.63. The number of benzene rings is 1. The second-order valence-electron chi connectivity index (χ2n) is 7.11. The summed E-state index contributed by atoms with van der Waals surface area (Å²) in [4.78, 5) is 11.1. The van der Waals surface area contributed by atoms with Crippen LogP contribution in [-0.4, -0.2) is 36.3 Å². The van der Waals surface area contributed by atoms with Gasteiger partial charge in [0.25, 0.3) is 0 Å². The van der Waals surface area contributed by atoms with Crippen LogP contribution in [0.2, 0.25) is 0 Å². The Kier molecular flexibility index (Phi) is 5.43. The van der Waals surface area contributed by atoms with Gasteiger partial charge >= 0.3 is 0 Å². The van der Waals surface area contributed by atoms with Crippen LogP contribution < -0.4 is 21.3 Å². The molecule has 4 N–H and O–H groups in total. The summed E-state index contributed by atoms with van der Waals surface area (Å²) < 4.78 is 5.40. The molecule has 146 valence electrons. The molecule has 2 aliphatic rings. The van der Waals surface area contributed by atoms with E-state index in [9.17, 15) is 0 Å². The van der Waals surface area contributed by atoms with E-state index >= 15 is 0 Å². The summed E-state index contributed by atoms with van der Waals surface area (Å²) in [5, 5.41) is 6.34. The van der Waals surface area contributed by atoms with Crippen LogP contribution in [-0.2, 0) is 4.74 Å². The maximum absolute atomic E-state index is 6.06. The number of nitrogens with two attached hydrogens (primary N) is 1. The molecule has 0 amide bonds. The van der Waals surface area contributed by atoms with Gasteiger partial charge in [-0.1, -0.05) is 6.58 Å². The average Bonchev–Trinajstić information content (AvgIpc) is 3.55. The van der Waals surface area contributed by atoms with Gasteiger partial charge in [-0.2, -0.15) is 4.98 Å². The van der Waals surface area contributed by atoms with E-state index < -0.39 is 0 Å². The molecule has 0 bridgehead atoms. The summed E-state index contributed by atoms with van der Waals surface area (Å²) in [7, 11) is 0. The fourth-order valence-corrected chi connectivity index (χ4v) is 3.15. The van der Waals surface area contributed by atoms with Crippen molar-refractivity contribution >= 4 is 23.1 Å². The van der Waals surface area contributed by atoms with Gasteiger partial charge in [-0.05, 0) is 60.7 Å². The number of morpholine rings is 1. The normalized spacial score (nSPS) is 17.3. The minimum absolute atomic E-state index is 0.512. The highest BCUT2D eigenvalue weighted by molar-refractivity contribution is 5.60. The minimum atomic E-state index is 0.512. The van der Waals surface area contributed by atoms with E-state index in [0.717, 1.165) is 37.6 Å². The van der Waals surface area contributed by atoms with Crippen LogP contribution in [0.3, 0.4) is 0 Å². The van der Waals surface area contributed by atoms with Crippen molar-refractivity contribution in [3.05, 3.63) is 60.6 Å². The van der Waals surface area contributed by atoms with E-state index in [2.05, 4.69) is 44.2 Å². The first-order chi connectivity index (χ1) is 13.7. The second-order valence-corrected chi connectivity index (χ2v) is 7.11. The maximum Gasteiger partial charge on any atom is 0.229 e. The van der Waals surface area contributed by atoms with E-state index in [1.807, 2.05) is 18.2 Å². The first-order valence-electron chi connectivity index (χ1n) is 9.63. The lowest BCUT2D eigenvalue weighted by Gasteiger charge is -2.28. The van der Waals surface area contributed by atoms with E-state index in [1.165, 1.54) is 18.5 Å². The number of rotatable bonds is 7. The van der Waals surface area contributed by atoms with Gasteiger partial charge in [-0.15, -0.1) is 0 Å². The van der Waals surface area contributed by atoms with Crippen molar-refractivity contribution in [2.75, 3.05) is 41.8 Å². The molecular formula is C21H26N6O. The SMILES string of the molecule is C=C(/C=C(\N)Nc1ccnc(Nc2ccc(N3CCOCC3)cc2)n1)C1CC1. The number of nitrogens with zero attached hydrogens (tertiary/aromatic N) is 3. The molecule has 1 aromatic carbocycles. The van der Waals surface area contributed by atoms with Crippen molar-refractivity contribution in [1.29, 1.82) is 0 Å².